The van der Waals surface area contributed by atoms with E-state index in [0.717, 1.165) is 12.1 Å². The molecule has 0 radical (unpaired) electrons. The molecule has 0 aliphatic carbocycles. The van der Waals surface area contributed by atoms with Crippen LogP contribution in [0.5, 0.6) is 0 Å². The molecular weight excluding hydrogens is 475 g/mol. The first-order valence-corrected chi connectivity index (χ1v) is 11.5. The Balaban J connectivity index is 1.58. The van der Waals surface area contributed by atoms with E-state index in [-0.39, 0.29) is 23.6 Å². The van der Waals surface area contributed by atoms with Gasteiger partial charge in [0.1, 0.15) is 11.4 Å². The van der Waals surface area contributed by atoms with Gasteiger partial charge in [0.05, 0.1) is 17.3 Å². The van der Waals surface area contributed by atoms with Gasteiger partial charge in [-0.05, 0) is 51.8 Å². The predicted octanol–water partition coefficient (Wildman–Crippen LogP) is 5.15. The van der Waals surface area contributed by atoms with Gasteiger partial charge in [-0.3, -0.25) is 4.68 Å². The third-order valence-corrected chi connectivity index (χ3v) is 5.57. The lowest BCUT2D eigenvalue weighted by atomic mass is 9.96. The molecule has 3 heterocycles. The summed E-state index contributed by atoms with van der Waals surface area (Å²) in [6, 6.07) is 4.85. The molecule has 0 bridgehead atoms. The maximum atomic E-state index is 13.2. The summed E-state index contributed by atoms with van der Waals surface area (Å²) < 4.78 is 46.6. The van der Waals surface area contributed by atoms with Crippen molar-refractivity contribution < 1.29 is 22.7 Å². The molecule has 1 amide bonds. The van der Waals surface area contributed by atoms with Crippen molar-refractivity contribution in [3.63, 3.8) is 0 Å². The number of nitrogens with zero attached hydrogens (tertiary/aromatic N) is 6. The fraction of sp³-hybridized carbons (Fsp3) is 0.458. The number of likely N-dealkylation sites (tertiary alicyclic amines) is 1. The normalized spacial score (nSPS) is 15.1. The van der Waals surface area contributed by atoms with Gasteiger partial charge < -0.3 is 15.0 Å². The van der Waals surface area contributed by atoms with E-state index < -0.39 is 17.3 Å². The first kappa shape index (κ1) is 25.4. The first-order valence-electron chi connectivity index (χ1n) is 11.5. The number of hydrogen-bond donors (Lipinski definition) is 1. The van der Waals surface area contributed by atoms with Crippen LogP contribution < -0.4 is 5.32 Å². The van der Waals surface area contributed by atoms with Crippen LogP contribution in [0.15, 0.2) is 36.7 Å². The average Bonchev–Trinajstić information content (AvgIpc) is 3.24. The summed E-state index contributed by atoms with van der Waals surface area (Å²) in [5, 5.41) is 7.05. The molecule has 36 heavy (non-hydrogen) atoms. The molecule has 0 saturated carbocycles. The Morgan fingerprint density at radius 3 is 2.44 bits per heavy atom. The number of carbonyl (C=O) groups excluding carboxylic acids is 1. The van der Waals surface area contributed by atoms with E-state index in [1.165, 1.54) is 12.1 Å². The number of piperidine rings is 1. The number of amides is 1. The number of nitrogens with one attached hydrogen (secondary N) is 1. The van der Waals surface area contributed by atoms with Crippen LogP contribution in [0.2, 0.25) is 0 Å². The lowest BCUT2D eigenvalue weighted by Gasteiger charge is -2.33. The summed E-state index contributed by atoms with van der Waals surface area (Å²) >= 11 is 0. The van der Waals surface area contributed by atoms with Gasteiger partial charge in [0, 0.05) is 37.9 Å². The van der Waals surface area contributed by atoms with Gasteiger partial charge in [0.2, 0.25) is 5.95 Å². The van der Waals surface area contributed by atoms with Crippen molar-refractivity contribution in [1.82, 2.24) is 29.6 Å². The zero-order valence-electron chi connectivity index (χ0n) is 20.5. The summed E-state index contributed by atoms with van der Waals surface area (Å²) in [7, 11) is 1.76. The molecule has 192 valence electrons. The highest BCUT2D eigenvalue weighted by molar-refractivity contribution is 5.68. The number of anilines is 2. The monoisotopic (exact) mass is 503 g/mol. The Labute approximate surface area is 206 Å². The molecular formula is C24H28F3N7O2. The summed E-state index contributed by atoms with van der Waals surface area (Å²) in [6.45, 7) is 6.41. The summed E-state index contributed by atoms with van der Waals surface area (Å²) in [6.07, 6.45) is -0.251. The number of aryl methyl sites for hydroxylation is 1. The topological polar surface area (TPSA) is 98.1 Å². The van der Waals surface area contributed by atoms with Crippen LogP contribution in [0.1, 0.15) is 50.9 Å². The molecule has 1 aromatic carbocycles. The van der Waals surface area contributed by atoms with E-state index in [1.54, 1.807) is 29.0 Å². The second-order valence-electron chi connectivity index (χ2n) is 9.69. The van der Waals surface area contributed by atoms with E-state index >= 15 is 0 Å². The van der Waals surface area contributed by atoms with E-state index in [9.17, 15) is 18.0 Å². The van der Waals surface area contributed by atoms with Crippen LogP contribution in [0.25, 0.3) is 11.4 Å². The molecule has 2 aromatic heterocycles. The van der Waals surface area contributed by atoms with E-state index in [4.69, 9.17) is 4.74 Å². The first-order chi connectivity index (χ1) is 16.9. The average molecular weight is 504 g/mol. The number of hydrogen-bond acceptors (Lipinski definition) is 7. The van der Waals surface area contributed by atoms with Crippen molar-refractivity contribution in [3.05, 3.63) is 48.0 Å². The molecule has 0 atom stereocenters. The molecule has 9 nitrogen and oxygen atoms in total. The molecule has 1 saturated heterocycles. The highest BCUT2D eigenvalue weighted by Gasteiger charge is 2.31. The zero-order valence-corrected chi connectivity index (χ0v) is 20.5. The third kappa shape index (κ3) is 6.29. The van der Waals surface area contributed by atoms with Crippen molar-refractivity contribution in [2.24, 2.45) is 7.05 Å². The van der Waals surface area contributed by atoms with Crippen LogP contribution in [0.3, 0.4) is 0 Å². The van der Waals surface area contributed by atoms with E-state index in [2.05, 4.69) is 25.4 Å². The van der Waals surface area contributed by atoms with Crippen LogP contribution in [-0.2, 0) is 18.0 Å². The van der Waals surface area contributed by atoms with Gasteiger partial charge in [-0.2, -0.15) is 28.2 Å². The quantitative estimate of drug-likeness (QED) is 0.526. The van der Waals surface area contributed by atoms with Crippen molar-refractivity contribution in [1.29, 1.82) is 0 Å². The zero-order chi connectivity index (χ0) is 26.1. The molecule has 1 aliphatic heterocycles. The number of benzene rings is 1. The number of rotatable bonds is 4. The molecule has 1 N–H and O–H groups in total. The minimum Gasteiger partial charge on any atom is -0.444 e. The Kier molecular flexibility index (Phi) is 6.87. The summed E-state index contributed by atoms with van der Waals surface area (Å²) in [5.41, 5.74) is -0.493. The van der Waals surface area contributed by atoms with E-state index in [1.807, 2.05) is 20.8 Å². The Morgan fingerprint density at radius 2 is 1.83 bits per heavy atom. The fourth-order valence-electron chi connectivity index (χ4n) is 3.85. The van der Waals surface area contributed by atoms with Gasteiger partial charge >= 0.3 is 12.3 Å². The Morgan fingerprint density at radius 1 is 1.11 bits per heavy atom. The highest BCUT2D eigenvalue weighted by Crippen LogP contribution is 2.32. The van der Waals surface area contributed by atoms with Crippen LogP contribution in [0.4, 0.5) is 29.6 Å². The Bertz CT molecular complexity index is 1230. The lowest BCUT2D eigenvalue weighted by Crippen LogP contribution is -2.41. The standard InChI is InChI=1S/C24H28F3N7O2/c1-23(2,3)36-22(35)34-10-8-15(9-11-34)19-30-20(16-13-28-33(4)14-16)32-21(31-19)29-18-7-5-6-17(12-18)24(25,26)27/h5-7,12-15H,8-11H2,1-4H3,(H,29,30,31,32). The Hall–Kier alpha value is -3.70. The van der Waals surface area contributed by atoms with Gasteiger partial charge in [0.15, 0.2) is 5.82 Å². The lowest BCUT2D eigenvalue weighted by molar-refractivity contribution is -0.137. The molecule has 4 rings (SSSR count). The largest absolute Gasteiger partial charge is 0.444 e. The number of halogens is 3. The number of ether oxygens (including phenoxy) is 1. The maximum absolute atomic E-state index is 13.2. The third-order valence-electron chi connectivity index (χ3n) is 5.57. The molecule has 0 unspecified atom stereocenters. The fourth-order valence-corrected chi connectivity index (χ4v) is 3.85. The van der Waals surface area contributed by atoms with Crippen molar-refractivity contribution in [2.45, 2.75) is 51.3 Å². The van der Waals surface area contributed by atoms with Gasteiger partial charge in [-0.25, -0.2) is 9.78 Å². The number of carbonyl (C=O) groups is 1. The van der Waals surface area contributed by atoms with Crippen LogP contribution in [0, 0.1) is 0 Å². The van der Waals surface area contributed by atoms with Gasteiger partial charge in [-0.1, -0.05) is 6.07 Å². The second-order valence-corrected chi connectivity index (χ2v) is 9.69. The van der Waals surface area contributed by atoms with Gasteiger partial charge in [0.25, 0.3) is 0 Å². The van der Waals surface area contributed by atoms with Crippen molar-refractivity contribution in [3.8, 4) is 11.4 Å². The molecule has 12 heteroatoms. The van der Waals surface area contributed by atoms with E-state index in [0.29, 0.717) is 43.1 Å². The summed E-state index contributed by atoms with van der Waals surface area (Å²) in [5.74, 6) is 0.927. The smallest absolute Gasteiger partial charge is 0.416 e. The van der Waals surface area contributed by atoms with Crippen LogP contribution in [-0.4, -0.2) is 54.4 Å². The molecule has 0 spiro atoms. The minimum atomic E-state index is -4.47. The minimum absolute atomic E-state index is 0.0656. The van der Waals surface area contributed by atoms with Crippen molar-refractivity contribution >= 4 is 17.7 Å². The van der Waals surface area contributed by atoms with Crippen molar-refractivity contribution in [2.75, 3.05) is 18.4 Å². The predicted molar refractivity (Wildman–Crippen MR) is 127 cm³/mol. The second kappa shape index (κ2) is 9.75. The molecule has 1 fully saturated rings. The summed E-state index contributed by atoms with van der Waals surface area (Å²) in [4.78, 5) is 27.7. The molecule has 3 aromatic rings. The van der Waals surface area contributed by atoms with Gasteiger partial charge in [-0.15, -0.1) is 0 Å². The molecule has 1 aliphatic rings. The SMILES string of the molecule is Cn1cc(-c2nc(Nc3cccc(C(F)(F)F)c3)nc(C3CCN(C(=O)OC(C)(C)C)CC3)n2)cn1. The number of alkyl halides is 3. The maximum Gasteiger partial charge on any atom is 0.416 e. The highest BCUT2D eigenvalue weighted by atomic mass is 19.4. The van der Waals surface area contributed by atoms with Crippen LogP contribution >= 0.6 is 0 Å². The number of aromatic nitrogens is 5.